The maximum Gasteiger partial charge on any atom is 0.303 e. The van der Waals surface area contributed by atoms with Crippen molar-refractivity contribution in [2.75, 3.05) is 13.6 Å². The number of aliphatic hydroxyl groups excluding tert-OH is 2. The van der Waals surface area contributed by atoms with Crippen LogP contribution < -0.4 is 5.32 Å². The number of ether oxygens (including phenoxy) is 2. The Morgan fingerprint density at radius 2 is 1.53 bits per heavy atom. The lowest BCUT2D eigenvalue weighted by Gasteiger charge is -2.39. The number of hydrogen-bond acceptors (Lipinski definition) is 7. The number of amides is 1. The van der Waals surface area contributed by atoms with E-state index in [2.05, 4.69) is 28.4 Å². The Bertz CT molecular complexity index is 1680. The third kappa shape index (κ3) is 11.1. The Hall–Kier alpha value is -4.38. The number of hydrogen-bond donors (Lipinski definition) is 4. The van der Waals surface area contributed by atoms with E-state index in [0.717, 1.165) is 45.4 Å². The minimum Gasteiger partial charge on any atom is -0.481 e. The van der Waals surface area contributed by atoms with Crippen LogP contribution in [-0.4, -0.2) is 57.8 Å². The highest BCUT2D eigenvalue weighted by atomic mass is 16.7. The molecule has 4 aromatic carbocycles. The summed E-state index contributed by atoms with van der Waals surface area (Å²) in [5, 5.41) is 32.4. The number of benzene rings is 4. The fourth-order valence-corrected chi connectivity index (χ4v) is 6.41. The predicted octanol–water partition coefficient (Wildman–Crippen LogP) is 7.10. The molecule has 0 bridgehead atoms. The van der Waals surface area contributed by atoms with Crippen molar-refractivity contribution in [1.82, 2.24) is 10.2 Å². The highest BCUT2D eigenvalue weighted by Gasteiger charge is 2.34. The lowest BCUT2D eigenvalue weighted by molar-refractivity contribution is -0.253. The standard InChI is InChI=1S/C42H50N2O7/c1-29(41(49)34-11-5-3-6-12-34)44(2)27-37-25-38(33-18-16-30(28-45)17-19-33)51-42(50-37)35-22-20-32(21-23-35)36-13-9-10-31(24-36)26-43-39(46)14-7-4-8-15-40(47)48/h3,5-6,9-13,16-24,29,37-38,41-42,45,49H,4,7-8,14-15,25-28H2,1-2H3,(H,43,46)(H,47,48)/t29-,37-,38+,41-,42+/m1/s1. The quantitative estimate of drug-likeness (QED) is 0.0863. The molecule has 1 fully saturated rings. The molecule has 4 N–H and O–H groups in total. The summed E-state index contributed by atoms with van der Waals surface area (Å²) in [4.78, 5) is 25.1. The van der Waals surface area contributed by atoms with Gasteiger partial charge in [0, 0.05) is 44.0 Å². The first-order valence-electron chi connectivity index (χ1n) is 17.8. The smallest absolute Gasteiger partial charge is 0.303 e. The van der Waals surface area contributed by atoms with E-state index in [1.54, 1.807) is 0 Å². The van der Waals surface area contributed by atoms with Crippen molar-refractivity contribution in [3.8, 4) is 11.1 Å². The second-order valence-corrected chi connectivity index (χ2v) is 13.4. The SMILES string of the molecule is C[C@H]([C@@H](O)c1ccccc1)N(C)C[C@H]1C[C@@H](c2ccc(CO)cc2)O[C@@H](c2ccc(-c3cccc(CNC(=O)CCCCCC(=O)O)c3)cc2)O1. The van der Waals surface area contributed by atoms with Gasteiger partial charge in [0.2, 0.25) is 5.91 Å². The van der Waals surface area contributed by atoms with Crippen molar-refractivity contribution in [1.29, 1.82) is 0 Å². The molecule has 51 heavy (non-hydrogen) atoms. The van der Waals surface area contributed by atoms with Gasteiger partial charge in [0.15, 0.2) is 6.29 Å². The van der Waals surface area contributed by atoms with Gasteiger partial charge in [-0.15, -0.1) is 0 Å². The Balaban J connectivity index is 1.24. The molecule has 9 heteroatoms. The first kappa shape index (κ1) is 37.9. The first-order valence-corrected chi connectivity index (χ1v) is 17.8. The van der Waals surface area contributed by atoms with Crippen molar-refractivity contribution >= 4 is 11.9 Å². The van der Waals surface area contributed by atoms with E-state index in [9.17, 15) is 19.8 Å². The molecule has 1 saturated heterocycles. The number of aliphatic hydroxyl groups is 2. The van der Waals surface area contributed by atoms with E-state index in [0.29, 0.717) is 38.8 Å². The number of carboxylic acids is 1. The van der Waals surface area contributed by atoms with E-state index in [1.165, 1.54) is 0 Å². The molecule has 1 amide bonds. The second-order valence-electron chi connectivity index (χ2n) is 13.4. The summed E-state index contributed by atoms with van der Waals surface area (Å²) in [6.07, 6.45) is 1.49. The lowest BCUT2D eigenvalue weighted by Crippen LogP contribution is -2.43. The summed E-state index contributed by atoms with van der Waals surface area (Å²) in [5.74, 6) is -0.847. The number of nitrogens with one attached hydrogen (secondary N) is 1. The molecule has 4 aromatic rings. The van der Waals surface area contributed by atoms with Crippen LogP contribution in [0.25, 0.3) is 11.1 Å². The minimum absolute atomic E-state index is 0.0198. The molecule has 0 saturated carbocycles. The van der Waals surface area contributed by atoms with Crippen LogP contribution in [-0.2, 0) is 32.2 Å². The van der Waals surface area contributed by atoms with Gasteiger partial charge in [-0.05, 0) is 66.3 Å². The molecule has 0 aromatic heterocycles. The van der Waals surface area contributed by atoms with Crippen molar-refractivity contribution in [3.05, 3.63) is 131 Å². The van der Waals surface area contributed by atoms with Crippen LogP contribution in [0.2, 0.25) is 0 Å². The molecule has 0 spiro atoms. The molecule has 9 nitrogen and oxygen atoms in total. The fourth-order valence-electron chi connectivity index (χ4n) is 6.41. The van der Waals surface area contributed by atoms with Gasteiger partial charge in [-0.1, -0.05) is 103 Å². The Labute approximate surface area is 300 Å². The number of rotatable bonds is 17. The van der Waals surface area contributed by atoms with Crippen molar-refractivity contribution < 1.29 is 34.4 Å². The van der Waals surface area contributed by atoms with Crippen molar-refractivity contribution in [2.45, 2.75) is 89.2 Å². The zero-order chi connectivity index (χ0) is 36.2. The van der Waals surface area contributed by atoms with E-state index in [1.807, 2.05) is 98.9 Å². The zero-order valence-electron chi connectivity index (χ0n) is 29.5. The summed E-state index contributed by atoms with van der Waals surface area (Å²) in [7, 11) is 2.01. The molecule has 0 unspecified atom stereocenters. The van der Waals surface area contributed by atoms with E-state index < -0.39 is 18.4 Å². The highest BCUT2D eigenvalue weighted by Crippen LogP contribution is 2.39. The predicted molar refractivity (Wildman–Crippen MR) is 196 cm³/mol. The summed E-state index contributed by atoms with van der Waals surface area (Å²) in [6.45, 7) is 3.02. The van der Waals surface area contributed by atoms with Gasteiger partial charge in [0.25, 0.3) is 0 Å². The average molecular weight is 695 g/mol. The monoisotopic (exact) mass is 694 g/mol. The molecule has 0 aliphatic carbocycles. The fraction of sp³-hybridized carbons (Fsp3) is 0.381. The summed E-state index contributed by atoms with van der Waals surface area (Å²) in [6, 6.07) is 33.6. The molecule has 1 aliphatic heterocycles. The van der Waals surface area contributed by atoms with Crippen LogP contribution in [0, 0.1) is 0 Å². The largest absolute Gasteiger partial charge is 0.481 e. The summed E-state index contributed by atoms with van der Waals surface area (Å²) >= 11 is 0. The normalized spacial score (nSPS) is 18.6. The van der Waals surface area contributed by atoms with Crippen LogP contribution >= 0.6 is 0 Å². The second kappa shape index (κ2) is 18.7. The van der Waals surface area contributed by atoms with Gasteiger partial charge >= 0.3 is 5.97 Å². The topological polar surface area (TPSA) is 129 Å². The highest BCUT2D eigenvalue weighted by molar-refractivity contribution is 5.76. The average Bonchev–Trinajstić information content (AvgIpc) is 3.16. The van der Waals surface area contributed by atoms with Crippen molar-refractivity contribution in [3.63, 3.8) is 0 Å². The minimum atomic E-state index is -0.806. The molecule has 1 aliphatic rings. The Kier molecular flexibility index (Phi) is 13.9. The maximum atomic E-state index is 12.3. The van der Waals surface area contributed by atoms with Crippen molar-refractivity contribution in [2.24, 2.45) is 0 Å². The number of unbranched alkanes of at least 4 members (excludes halogenated alkanes) is 2. The third-order valence-corrected chi connectivity index (χ3v) is 9.63. The number of aliphatic carboxylic acids is 1. The van der Waals surface area contributed by atoms with Gasteiger partial charge in [0.1, 0.15) is 0 Å². The molecule has 270 valence electrons. The first-order chi connectivity index (χ1) is 24.7. The van der Waals surface area contributed by atoms with Gasteiger partial charge in [-0.3, -0.25) is 14.5 Å². The zero-order valence-corrected chi connectivity index (χ0v) is 29.5. The molecule has 5 atom stereocenters. The molecular formula is C42H50N2O7. The van der Waals surface area contributed by atoms with E-state index in [-0.39, 0.29) is 37.2 Å². The number of carboxylic acid groups (broad SMARTS) is 1. The Morgan fingerprint density at radius 1 is 0.824 bits per heavy atom. The van der Waals surface area contributed by atoms with Gasteiger partial charge < -0.3 is 30.1 Å². The number of carbonyl (C=O) groups is 2. The summed E-state index contributed by atoms with van der Waals surface area (Å²) in [5.41, 5.74) is 6.67. The molecule has 0 radical (unpaired) electrons. The van der Waals surface area contributed by atoms with Crippen LogP contribution in [0.5, 0.6) is 0 Å². The van der Waals surface area contributed by atoms with Gasteiger partial charge in [-0.25, -0.2) is 0 Å². The molecular weight excluding hydrogens is 644 g/mol. The van der Waals surface area contributed by atoms with Crippen LogP contribution in [0.1, 0.15) is 91.8 Å². The van der Waals surface area contributed by atoms with Gasteiger partial charge in [0.05, 0.1) is 24.9 Å². The summed E-state index contributed by atoms with van der Waals surface area (Å²) < 4.78 is 13.2. The number of nitrogens with zero attached hydrogens (tertiary/aromatic N) is 1. The number of carbonyl (C=O) groups excluding carboxylic acids is 1. The maximum absolute atomic E-state index is 12.3. The third-order valence-electron chi connectivity index (χ3n) is 9.63. The van der Waals surface area contributed by atoms with Gasteiger partial charge in [-0.2, -0.15) is 0 Å². The van der Waals surface area contributed by atoms with E-state index in [4.69, 9.17) is 14.6 Å². The molecule has 5 rings (SSSR count). The van der Waals surface area contributed by atoms with Crippen LogP contribution in [0.3, 0.4) is 0 Å². The van der Waals surface area contributed by atoms with Crippen LogP contribution in [0.4, 0.5) is 0 Å². The number of likely N-dealkylation sites (N-methyl/N-ethyl adjacent to an activating group) is 1. The Morgan fingerprint density at radius 3 is 2.24 bits per heavy atom. The lowest BCUT2D eigenvalue weighted by atomic mass is 9.98. The van der Waals surface area contributed by atoms with E-state index >= 15 is 0 Å². The molecule has 1 heterocycles. The van der Waals surface area contributed by atoms with Crippen LogP contribution in [0.15, 0.2) is 103 Å².